The van der Waals surface area contributed by atoms with E-state index in [0.29, 0.717) is 35.4 Å². The van der Waals surface area contributed by atoms with Gasteiger partial charge in [-0.25, -0.2) is 24.0 Å². The largest absolute Gasteiger partial charge is 0.479 e. The molecule has 36 heavy (non-hydrogen) atoms. The molecular weight excluding hydrogens is 481 g/mol. The predicted molar refractivity (Wildman–Crippen MR) is 138 cm³/mol. The van der Waals surface area contributed by atoms with Gasteiger partial charge in [-0.05, 0) is 30.2 Å². The van der Waals surface area contributed by atoms with E-state index in [0.717, 1.165) is 23.4 Å². The number of fused-ring (bicyclic) bond motifs is 2. The lowest BCUT2D eigenvalue weighted by atomic mass is 10.0. The zero-order valence-electron chi connectivity index (χ0n) is 19.6. The molecule has 1 aromatic carbocycles. The molecule has 0 spiro atoms. The highest BCUT2D eigenvalue weighted by atomic mass is 32.2. The summed E-state index contributed by atoms with van der Waals surface area (Å²) in [5, 5.41) is 5.44. The number of thioether (sulfide) groups is 1. The van der Waals surface area contributed by atoms with Gasteiger partial charge in [-0.2, -0.15) is 16.9 Å². The fraction of sp³-hybridized carbons (Fsp3) is 0.240. The van der Waals surface area contributed by atoms with Crippen LogP contribution in [0.2, 0.25) is 0 Å². The normalized spacial score (nSPS) is 15.1. The van der Waals surface area contributed by atoms with Crippen molar-refractivity contribution in [1.82, 2.24) is 24.7 Å². The topological polar surface area (TPSA) is 112 Å². The van der Waals surface area contributed by atoms with Gasteiger partial charge in [-0.3, -0.25) is 4.79 Å². The second kappa shape index (κ2) is 9.94. The number of methoxy groups -OCH3 is 1. The van der Waals surface area contributed by atoms with Crippen molar-refractivity contribution in [3.8, 4) is 17.1 Å². The Hall–Kier alpha value is -3.99. The number of hydrogen-bond donors (Lipinski definition) is 1. The first kappa shape index (κ1) is 23.7. The fourth-order valence-corrected chi connectivity index (χ4v) is 5.55. The molecule has 0 saturated carbocycles. The molecule has 1 aliphatic heterocycles. The van der Waals surface area contributed by atoms with Crippen molar-refractivity contribution in [2.75, 3.05) is 30.0 Å². The van der Waals surface area contributed by atoms with E-state index < -0.39 is 5.82 Å². The minimum absolute atomic E-state index is 0.0962. The molecule has 4 aromatic rings. The minimum Gasteiger partial charge on any atom is -0.479 e. The highest BCUT2D eigenvalue weighted by molar-refractivity contribution is 7.99. The van der Waals surface area contributed by atoms with E-state index in [-0.39, 0.29) is 22.9 Å². The summed E-state index contributed by atoms with van der Waals surface area (Å²) in [6.07, 6.45) is 5.08. The van der Waals surface area contributed by atoms with Crippen LogP contribution in [-0.4, -0.2) is 55.3 Å². The SMILES string of the molecule is C=CC(=O)N1CC(SCCn2nc(-c3cnc(OC)c(F)c3)c3c(N)ncnc32)Cc2ccccc21. The summed E-state index contributed by atoms with van der Waals surface area (Å²) in [7, 11) is 1.36. The molecule has 2 N–H and O–H groups in total. The zero-order valence-corrected chi connectivity index (χ0v) is 20.4. The monoisotopic (exact) mass is 505 g/mol. The van der Waals surface area contributed by atoms with Crippen LogP contribution in [0.5, 0.6) is 5.88 Å². The first-order chi connectivity index (χ1) is 17.5. The van der Waals surface area contributed by atoms with Gasteiger partial charge in [-0.15, -0.1) is 0 Å². The lowest BCUT2D eigenvalue weighted by Gasteiger charge is -2.33. The van der Waals surface area contributed by atoms with E-state index >= 15 is 0 Å². The van der Waals surface area contributed by atoms with Gasteiger partial charge in [-0.1, -0.05) is 24.8 Å². The summed E-state index contributed by atoms with van der Waals surface area (Å²) >= 11 is 1.76. The van der Waals surface area contributed by atoms with Crippen LogP contribution in [0.3, 0.4) is 0 Å². The van der Waals surface area contributed by atoms with Gasteiger partial charge in [0.25, 0.3) is 0 Å². The number of benzene rings is 1. The quantitative estimate of drug-likeness (QED) is 0.380. The first-order valence-electron chi connectivity index (χ1n) is 11.3. The van der Waals surface area contributed by atoms with E-state index in [9.17, 15) is 9.18 Å². The number of pyridine rings is 1. The molecule has 1 atom stereocenters. The van der Waals surface area contributed by atoms with E-state index in [2.05, 4.69) is 32.7 Å². The second-order valence-electron chi connectivity index (χ2n) is 8.22. The van der Waals surface area contributed by atoms with Crippen LogP contribution in [-0.2, 0) is 17.8 Å². The third-order valence-corrected chi connectivity index (χ3v) is 7.25. The summed E-state index contributed by atoms with van der Waals surface area (Å²) in [5.74, 6) is 0.176. The molecule has 1 aliphatic rings. The number of carbonyl (C=O) groups excluding carboxylic acids is 1. The van der Waals surface area contributed by atoms with E-state index in [1.807, 2.05) is 18.2 Å². The van der Waals surface area contributed by atoms with E-state index in [1.165, 1.54) is 31.8 Å². The van der Waals surface area contributed by atoms with E-state index in [1.54, 1.807) is 21.3 Å². The first-order valence-corrected chi connectivity index (χ1v) is 12.3. The summed E-state index contributed by atoms with van der Waals surface area (Å²) in [6, 6.07) is 9.26. The number of aryl methyl sites for hydroxylation is 1. The maximum atomic E-state index is 14.3. The molecular formula is C25H24FN7O2S. The standard InChI is InChI=1S/C25H24FN7O2S/c1-3-20(34)32-13-17(10-15-6-4-5-7-19(15)32)36-9-8-33-24-21(23(27)29-14-30-24)22(31-33)16-11-18(26)25(35-2)28-12-16/h3-7,11-12,14,17H,1,8-10,13H2,2H3,(H2,27,29,30). The smallest absolute Gasteiger partial charge is 0.250 e. The fourth-order valence-electron chi connectivity index (χ4n) is 4.39. The van der Waals surface area contributed by atoms with Crippen LogP contribution in [0.4, 0.5) is 15.9 Å². The zero-order chi connectivity index (χ0) is 25.2. The van der Waals surface area contributed by atoms with Gasteiger partial charge >= 0.3 is 0 Å². The van der Waals surface area contributed by atoms with Gasteiger partial charge in [0.15, 0.2) is 11.5 Å². The van der Waals surface area contributed by atoms with Crippen LogP contribution >= 0.6 is 11.8 Å². The molecule has 0 radical (unpaired) electrons. The highest BCUT2D eigenvalue weighted by Crippen LogP contribution is 2.34. The number of nitrogen functional groups attached to an aromatic ring is 1. The number of nitrogens with zero attached hydrogens (tertiary/aromatic N) is 6. The molecule has 4 heterocycles. The number of nitrogens with two attached hydrogens (primary N) is 1. The number of hydrogen-bond acceptors (Lipinski definition) is 8. The predicted octanol–water partition coefficient (Wildman–Crippen LogP) is 3.50. The number of para-hydroxylation sites is 1. The third kappa shape index (κ3) is 4.37. The molecule has 3 aromatic heterocycles. The average Bonchev–Trinajstić information content (AvgIpc) is 3.27. The molecule has 0 saturated heterocycles. The van der Waals surface area contributed by atoms with E-state index in [4.69, 9.17) is 10.5 Å². The number of halogens is 1. The number of rotatable bonds is 7. The molecule has 0 bridgehead atoms. The number of aromatic nitrogens is 5. The van der Waals surface area contributed by atoms with Gasteiger partial charge in [0, 0.05) is 35.0 Å². The Morgan fingerprint density at radius 3 is 2.94 bits per heavy atom. The summed E-state index contributed by atoms with van der Waals surface area (Å²) in [4.78, 5) is 26.7. The van der Waals surface area contributed by atoms with Crippen molar-refractivity contribution in [2.24, 2.45) is 0 Å². The number of carbonyl (C=O) groups is 1. The second-order valence-corrected chi connectivity index (χ2v) is 9.63. The van der Waals surface area contributed by atoms with Gasteiger partial charge in [0.05, 0.1) is 19.0 Å². The molecule has 9 nitrogen and oxygen atoms in total. The molecule has 5 rings (SSSR count). The van der Waals surface area contributed by atoms with Crippen molar-refractivity contribution in [3.05, 3.63) is 66.9 Å². The Morgan fingerprint density at radius 2 is 2.17 bits per heavy atom. The van der Waals surface area contributed by atoms with Gasteiger partial charge in [0.1, 0.15) is 17.8 Å². The van der Waals surface area contributed by atoms with Crippen LogP contribution in [0, 0.1) is 5.82 Å². The number of ether oxygens (including phenoxy) is 1. The maximum Gasteiger partial charge on any atom is 0.250 e. The minimum atomic E-state index is -0.597. The van der Waals surface area contributed by atoms with Crippen LogP contribution in [0.1, 0.15) is 5.56 Å². The lowest BCUT2D eigenvalue weighted by molar-refractivity contribution is -0.114. The number of anilines is 2. The Bertz CT molecular complexity index is 1460. The van der Waals surface area contributed by atoms with Crippen LogP contribution in [0.15, 0.2) is 55.5 Å². The number of amides is 1. The van der Waals surface area contributed by atoms with Crippen molar-refractivity contribution in [2.45, 2.75) is 18.2 Å². The maximum absolute atomic E-state index is 14.3. The van der Waals surface area contributed by atoms with Crippen LogP contribution in [0.25, 0.3) is 22.3 Å². The molecule has 1 amide bonds. The molecule has 0 aliphatic carbocycles. The Morgan fingerprint density at radius 1 is 1.33 bits per heavy atom. The average molecular weight is 506 g/mol. The summed E-state index contributed by atoms with van der Waals surface area (Å²) in [6.45, 7) is 4.79. The van der Waals surface area contributed by atoms with Crippen LogP contribution < -0.4 is 15.4 Å². The van der Waals surface area contributed by atoms with Crippen molar-refractivity contribution >= 4 is 40.2 Å². The molecule has 1 unspecified atom stereocenters. The Balaban J connectivity index is 1.37. The van der Waals surface area contributed by atoms with Crippen molar-refractivity contribution in [1.29, 1.82) is 0 Å². The third-order valence-electron chi connectivity index (χ3n) is 6.05. The van der Waals surface area contributed by atoms with Crippen molar-refractivity contribution in [3.63, 3.8) is 0 Å². The molecule has 184 valence electrons. The summed E-state index contributed by atoms with van der Waals surface area (Å²) < 4.78 is 21.0. The molecule has 0 fully saturated rings. The highest BCUT2D eigenvalue weighted by Gasteiger charge is 2.27. The lowest BCUT2D eigenvalue weighted by Crippen LogP contribution is -2.40. The molecule has 11 heteroatoms. The van der Waals surface area contributed by atoms with Crippen molar-refractivity contribution < 1.29 is 13.9 Å². The summed E-state index contributed by atoms with van der Waals surface area (Å²) in [5.41, 5.74) is 9.70. The Kier molecular flexibility index (Phi) is 6.55. The van der Waals surface area contributed by atoms with Gasteiger partial charge in [0.2, 0.25) is 11.8 Å². The Labute approximate surface area is 211 Å². The van der Waals surface area contributed by atoms with Gasteiger partial charge < -0.3 is 15.4 Å².